The minimum atomic E-state index is -0.783. The summed E-state index contributed by atoms with van der Waals surface area (Å²) in [6, 6.07) is 15.3. The second-order valence-corrected chi connectivity index (χ2v) is 7.71. The number of β-amino-alcohol motifs (C(OH)–C–C–N with tert-alkyl or cyclic N) is 1. The second-order valence-electron chi connectivity index (χ2n) is 7.71. The van der Waals surface area contributed by atoms with Crippen molar-refractivity contribution in [3.05, 3.63) is 59.7 Å². The fourth-order valence-corrected chi connectivity index (χ4v) is 3.98. The monoisotopic (exact) mass is 382 g/mol. The Balaban J connectivity index is 1.25. The SMILES string of the molecule is O=C1Cc2cc(OC[C@@H](O)CN3CCC(O)(c4ccccc4)CC3)ccc2N1. The average molecular weight is 382 g/mol. The predicted octanol–water partition coefficient (Wildman–Crippen LogP) is 1.90. The van der Waals surface area contributed by atoms with Crippen molar-refractivity contribution >= 4 is 11.6 Å². The molecule has 1 amide bonds. The molecule has 0 unspecified atom stereocenters. The van der Waals surface area contributed by atoms with E-state index in [4.69, 9.17) is 4.74 Å². The van der Waals surface area contributed by atoms with Gasteiger partial charge in [-0.3, -0.25) is 4.79 Å². The molecular formula is C22H26N2O4. The summed E-state index contributed by atoms with van der Waals surface area (Å²) in [5.41, 5.74) is 1.93. The summed E-state index contributed by atoms with van der Waals surface area (Å²) in [4.78, 5) is 13.6. The van der Waals surface area contributed by atoms with E-state index in [0.29, 0.717) is 31.6 Å². The van der Waals surface area contributed by atoms with Crippen molar-refractivity contribution in [1.29, 1.82) is 0 Å². The van der Waals surface area contributed by atoms with Gasteiger partial charge in [0, 0.05) is 25.3 Å². The van der Waals surface area contributed by atoms with Gasteiger partial charge in [-0.1, -0.05) is 30.3 Å². The fraction of sp³-hybridized carbons (Fsp3) is 0.409. The third kappa shape index (κ3) is 4.19. The molecule has 6 heteroatoms. The van der Waals surface area contributed by atoms with Gasteiger partial charge in [-0.15, -0.1) is 0 Å². The Bertz CT molecular complexity index is 832. The molecule has 2 aromatic carbocycles. The van der Waals surface area contributed by atoms with Gasteiger partial charge in [0.05, 0.1) is 12.0 Å². The Labute approximate surface area is 164 Å². The van der Waals surface area contributed by atoms with Crippen LogP contribution in [-0.2, 0) is 16.8 Å². The molecule has 0 radical (unpaired) electrons. The predicted molar refractivity (Wildman–Crippen MR) is 106 cm³/mol. The Morgan fingerprint density at radius 1 is 1.14 bits per heavy atom. The van der Waals surface area contributed by atoms with Crippen LogP contribution in [0, 0.1) is 0 Å². The largest absolute Gasteiger partial charge is 0.491 e. The number of ether oxygens (including phenoxy) is 1. The quantitative estimate of drug-likeness (QED) is 0.711. The first-order valence-electron chi connectivity index (χ1n) is 9.76. The third-order valence-corrected chi connectivity index (χ3v) is 5.61. The lowest BCUT2D eigenvalue weighted by molar-refractivity contribution is -0.115. The molecule has 2 aromatic rings. The van der Waals surface area contributed by atoms with Crippen LogP contribution in [-0.4, -0.2) is 53.4 Å². The van der Waals surface area contributed by atoms with Gasteiger partial charge in [0.15, 0.2) is 0 Å². The Morgan fingerprint density at radius 2 is 1.89 bits per heavy atom. The molecule has 28 heavy (non-hydrogen) atoms. The number of amides is 1. The Hall–Kier alpha value is -2.41. The number of hydrogen-bond acceptors (Lipinski definition) is 5. The van der Waals surface area contributed by atoms with Crippen LogP contribution in [0.2, 0.25) is 0 Å². The van der Waals surface area contributed by atoms with Crippen LogP contribution in [0.5, 0.6) is 5.75 Å². The standard InChI is InChI=1S/C22H26N2O4/c25-18(15-28-19-6-7-20-16(12-19)13-21(26)23-20)14-24-10-8-22(27,9-11-24)17-4-2-1-3-5-17/h1-7,12,18,25,27H,8-11,13-15H2,(H,23,26)/t18-/m0/s1. The van der Waals surface area contributed by atoms with Crippen molar-refractivity contribution in [2.24, 2.45) is 0 Å². The van der Waals surface area contributed by atoms with Crippen LogP contribution in [0.3, 0.4) is 0 Å². The lowest BCUT2D eigenvalue weighted by Gasteiger charge is -2.39. The summed E-state index contributed by atoms with van der Waals surface area (Å²) in [5, 5.41) is 24.0. The Morgan fingerprint density at radius 3 is 2.64 bits per heavy atom. The fourth-order valence-electron chi connectivity index (χ4n) is 3.98. The number of likely N-dealkylation sites (tertiary alicyclic amines) is 1. The molecular weight excluding hydrogens is 356 g/mol. The van der Waals surface area contributed by atoms with E-state index in [1.807, 2.05) is 42.5 Å². The number of fused-ring (bicyclic) bond motifs is 1. The van der Waals surface area contributed by atoms with Gasteiger partial charge >= 0.3 is 0 Å². The van der Waals surface area contributed by atoms with E-state index in [9.17, 15) is 15.0 Å². The maximum absolute atomic E-state index is 11.4. The highest BCUT2D eigenvalue weighted by Gasteiger charge is 2.34. The van der Waals surface area contributed by atoms with Crippen LogP contribution in [0.15, 0.2) is 48.5 Å². The van der Waals surface area contributed by atoms with E-state index in [1.165, 1.54) is 0 Å². The van der Waals surface area contributed by atoms with Gasteiger partial charge in [0.2, 0.25) is 5.91 Å². The first-order valence-corrected chi connectivity index (χ1v) is 9.76. The molecule has 0 aliphatic carbocycles. The molecule has 0 aromatic heterocycles. The molecule has 148 valence electrons. The van der Waals surface area contributed by atoms with Crippen LogP contribution in [0.25, 0.3) is 0 Å². The van der Waals surface area contributed by atoms with Crippen molar-refractivity contribution in [2.45, 2.75) is 31.0 Å². The van der Waals surface area contributed by atoms with E-state index < -0.39 is 11.7 Å². The number of rotatable bonds is 6. The van der Waals surface area contributed by atoms with Crippen LogP contribution in [0.4, 0.5) is 5.69 Å². The van der Waals surface area contributed by atoms with Gasteiger partial charge in [0.25, 0.3) is 0 Å². The summed E-state index contributed by atoms with van der Waals surface area (Å²) in [5.74, 6) is 0.652. The van der Waals surface area contributed by atoms with Gasteiger partial charge in [0.1, 0.15) is 18.5 Å². The highest BCUT2D eigenvalue weighted by atomic mass is 16.5. The van der Waals surface area contributed by atoms with E-state index in [-0.39, 0.29) is 12.5 Å². The molecule has 1 fully saturated rings. The molecule has 0 spiro atoms. The zero-order chi connectivity index (χ0) is 19.6. The van der Waals surface area contributed by atoms with Crippen LogP contribution >= 0.6 is 0 Å². The molecule has 3 N–H and O–H groups in total. The highest BCUT2D eigenvalue weighted by Crippen LogP contribution is 2.32. The Kier molecular flexibility index (Phi) is 5.35. The number of carbonyl (C=O) groups excluding carboxylic acids is 1. The van der Waals surface area contributed by atoms with Crippen LogP contribution in [0.1, 0.15) is 24.0 Å². The molecule has 1 saturated heterocycles. The highest BCUT2D eigenvalue weighted by molar-refractivity contribution is 5.99. The topological polar surface area (TPSA) is 82.0 Å². The van der Waals surface area contributed by atoms with Crippen LogP contribution < -0.4 is 10.1 Å². The van der Waals surface area contributed by atoms with Gasteiger partial charge < -0.3 is 25.2 Å². The molecule has 2 aliphatic heterocycles. The number of nitrogens with one attached hydrogen (secondary N) is 1. The molecule has 0 saturated carbocycles. The number of benzene rings is 2. The first-order chi connectivity index (χ1) is 13.5. The molecule has 6 nitrogen and oxygen atoms in total. The van der Waals surface area contributed by atoms with Crippen molar-refractivity contribution in [3.63, 3.8) is 0 Å². The van der Waals surface area contributed by atoms with Crippen molar-refractivity contribution in [2.75, 3.05) is 31.6 Å². The molecule has 0 bridgehead atoms. The van der Waals surface area contributed by atoms with E-state index in [2.05, 4.69) is 10.2 Å². The molecule has 2 aliphatic rings. The summed E-state index contributed by atoms with van der Waals surface area (Å²) in [7, 11) is 0. The van der Waals surface area contributed by atoms with Crippen molar-refractivity contribution < 1.29 is 19.7 Å². The summed E-state index contributed by atoms with van der Waals surface area (Å²) in [6.45, 7) is 2.17. The lowest BCUT2D eigenvalue weighted by atomic mass is 9.84. The minimum Gasteiger partial charge on any atom is -0.491 e. The van der Waals surface area contributed by atoms with Gasteiger partial charge in [-0.2, -0.15) is 0 Å². The maximum atomic E-state index is 11.4. The number of piperidine rings is 1. The summed E-state index contributed by atoms with van der Waals surface area (Å²) in [6.07, 6.45) is 1.05. The van der Waals surface area contributed by atoms with Crippen molar-refractivity contribution in [1.82, 2.24) is 4.90 Å². The summed E-state index contributed by atoms with van der Waals surface area (Å²) < 4.78 is 5.71. The molecule has 2 heterocycles. The lowest BCUT2D eigenvalue weighted by Crippen LogP contribution is -2.46. The maximum Gasteiger partial charge on any atom is 0.228 e. The smallest absolute Gasteiger partial charge is 0.228 e. The van der Waals surface area contributed by atoms with E-state index >= 15 is 0 Å². The first kappa shape index (κ1) is 18.9. The van der Waals surface area contributed by atoms with Crippen molar-refractivity contribution in [3.8, 4) is 5.75 Å². The van der Waals surface area contributed by atoms with E-state index in [0.717, 1.165) is 29.9 Å². The number of aliphatic hydroxyl groups excluding tert-OH is 1. The summed E-state index contributed by atoms with van der Waals surface area (Å²) >= 11 is 0. The zero-order valence-electron chi connectivity index (χ0n) is 15.8. The molecule has 1 atom stereocenters. The zero-order valence-corrected chi connectivity index (χ0v) is 15.8. The number of carbonyl (C=O) groups is 1. The van der Waals surface area contributed by atoms with E-state index in [1.54, 1.807) is 6.07 Å². The van der Waals surface area contributed by atoms with Gasteiger partial charge in [-0.05, 0) is 42.2 Å². The second kappa shape index (κ2) is 7.91. The molecule has 4 rings (SSSR count). The normalized spacial score (nSPS) is 19.7. The number of nitrogens with zero attached hydrogens (tertiary/aromatic N) is 1. The number of hydrogen-bond donors (Lipinski definition) is 3. The number of anilines is 1. The van der Waals surface area contributed by atoms with Gasteiger partial charge in [-0.25, -0.2) is 0 Å². The number of aliphatic hydroxyl groups is 2. The minimum absolute atomic E-state index is 0.00672. The third-order valence-electron chi connectivity index (χ3n) is 5.61. The average Bonchev–Trinajstić information content (AvgIpc) is 3.08.